The molecule has 100 valence electrons. The van der Waals surface area contributed by atoms with Gasteiger partial charge in [0.1, 0.15) is 5.82 Å². The van der Waals surface area contributed by atoms with Gasteiger partial charge in [-0.05, 0) is 31.4 Å². The molecule has 0 saturated heterocycles. The lowest BCUT2D eigenvalue weighted by Crippen LogP contribution is -2.36. The molecule has 1 aromatic rings. The van der Waals surface area contributed by atoms with Crippen molar-refractivity contribution in [3.8, 4) is 0 Å². The normalized spacial score (nSPS) is 12.6. The molecular formula is C14H21FN2O. The number of hydrogen-bond donors (Lipinski definition) is 1. The van der Waals surface area contributed by atoms with Gasteiger partial charge in [-0.1, -0.05) is 19.9 Å². The molecule has 0 heterocycles. The third-order valence-corrected chi connectivity index (χ3v) is 3.08. The van der Waals surface area contributed by atoms with E-state index in [4.69, 9.17) is 5.73 Å². The Hall–Kier alpha value is -1.58. The summed E-state index contributed by atoms with van der Waals surface area (Å²) >= 11 is 0. The van der Waals surface area contributed by atoms with E-state index in [2.05, 4.69) is 13.8 Å². The predicted molar refractivity (Wildman–Crippen MR) is 71.8 cm³/mol. The van der Waals surface area contributed by atoms with Crippen LogP contribution in [0.5, 0.6) is 0 Å². The van der Waals surface area contributed by atoms with Gasteiger partial charge in [0.15, 0.2) is 0 Å². The summed E-state index contributed by atoms with van der Waals surface area (Å²) in [4.78, 5) is 13.8. The molecule has 1 aromatic carbocycles. The average molecular weight is 252 g/mol. The third-order valence-electron chi connectivity index (χ3n) is 3.08. The molecule has 0 aliphatic carbocycles. The first-order valence-electron chi connectivity index (χ1n) is 6.15. The summed E-state index contributed by atoms with van der Waals surface area (Å²) in [5.41, 5.74) is 5.75. The lowest BCUT2D eigenvalue weighted by atomic mass is 10.0. The Morgan fingerprint density at radius 2 is 2.00 bits per heavy atom. The minimum absolute atomic E-state index is 0.0777. The third kappa shape index (κ3) is 3.22. The molecule has 0 fully saturated rings. The SMILES string of the molecule is CC(C)CC(C)N(C)C(=O)c1cccc(F)c1N. The van der Waals surface area contributed by atoms with Gasteiger partial charge in [-0.3, -0.25) is 4.79 Å². The van der Waals surface area contributed by atoms with Gasteiger partial charge in [-0.15, -0.1) is 0 Å². The number of halogens is 1. The van der Waals surface area contributed by atoms with Gasteiger partial charge < -0.3 is 10.6 Å². The summed E-state index contributed by atoms with van der Waals surface area (Å²) < 4.78 is 13.3. The van der Waals surface area contributed by atoms with Crippen molar-refractivity contribution in [2.75, 3.05) is 12.8 Å². The number of nitrogens with zero attached hydrogens (tertiary/aromatic N) is 1. The van der Waals surface area contributed by atoms with Crippen LogP contribution < -0.4 is 5.73 Å². The van der Waals surface area contributed by atoms with Gasteiger partial charge in [0, 0.05) is 13.1 Å². The lowest BCUT2D eigenvalue weighted by molar-refractivity contribution is 0.0729. The van der Waals surface area contributed by atoms with Gasteiger partial charge in [-0.25, -0.2) is 4.39 Å². The van der Waals surface area contributed by atoms with Crippen LogP contribution in [0.2, 0.25) is 0 Å². The van der Waals surface area contributed by atoms with Gasteiger partial charge >= 0.3 is 0 Å². The summed E-state index contributed by atoms with van der Waals surface area (Å²) in [6.45, 7) is 6.18. The van der Waals surface area contributed by atoms with Crippen LogP contribution >= 0.6 is 0 Å². The van der Waals surface area contributed by atoms with E-state index in [-0.39, 0.29) is 23.2 Å². The Balaban J connectivity index is 2.90. The Morgan fingerprint density at radius 1 is 1.39 bits per heavy atom. The summed E-state index contributed by atoms with van der Waals surface area (Å²) in [7, 11) is 1.72. The molecule has 0 bridgehead atoms. The molecule has 1 rings (SSSR count). The summed E-state index contributed by atoms with van der Waals surface area (Å²) in [6, 6.07) is 4.41. The van der Waals surface area contributed by atoms with Crippen molar-refractivity contribution in [1.29, 1.82) is 0 Å². The highest BCUT2D eigenvalue weighted by molar-refractivity contribution is 5.99. The highest BCUT2D eigenvalue weighted by Gasteiger charge is 2.21. The number of rotatable bonds is 4. The Kier molecular flexibility index (Phi) is 4.70. The van der Waals surface area contributed by atoms with Crippen LogP contribution in [0.1, 0.15) is 37.6 Å². The smallest absolute Gasteiger partial charge is 0.256 e. The maximum Gasteiger partial charge on any atom is 0.256 e. The second-order valence-corrected chi connectivity index (χ2v) is 5.10. The summed E-state index contributed by atoms with van der Waals surface area (Å²) in [6.07, 6.45) is 0.900. The zero-order chi connectivity index (χ0) is 13.9. The molecule has 0 radical (unpaired) electrons. The standard InChI is InChI=1S/C14H21FN2O/c1-9(2)8-10(3)17(4)14(18)11-6-5-7-12(15)13(11)16/h5-7,9-10H,8,16H2,1-4H3. The van der Waals surface area contributed by atoms with Crippen molar-refractivity contribution in [2.45, 2.75) is 33.2 Å². The molecule has 0 aliphatic rings. The fourth-order valence-electron chi connectivity index (χ4n) is 1.95. The topological polar surface area (TPSA) is 46.3 Å². The molecule has 1 atom stereocenters. The van der Waals surface area contributed by atoms with E-state index in [1.54, 1.807) is 18.0 Å². The van der Waals surface area contributed by atoms with Crippen LogP contribution in [0, 0.1) is 11.7 Å². The monoisotopic (exact) mass is 252 g/mol. The number of para-hydroxylation sites is 1. The van der Waals surface area contributed by atoms with Crippen LogP contribution in [-0.2, 0) is 0 Å². The zero-order valence-corrected chi connectivity index (χ0v) is 11.4. The number of anilines is 1. The van der Waals surface area contributed by atoms with Gasteiger partial charge in [0.05, 0.1) is 11.3 Å². The highest BCUT2D eigenvalue weighted by atomic mass is 19.1. The molecule has 4 heteroatoms. The van der Waals surface area contributed by atoms with E-state index < -0.39 is 5.82 Å². The first-order chi connectivity index (χ1) is 8.34. The van der Waals surface area contributed by atoms with Crippen molar-refractivity contribution < 1.29 is 9.18 Å². The lowest BCUT2D eigenvalue weighted by Gasteiger charge is -2.26. The number of amides is 1. The van der Waals surface area contributed by atoms with E-state index >= 15 is 0 Å². The maximum absolute atomic E-state index is 13.3. The molecule has 1 amide bonds. The Labute approximate surface area is 108 Å². The van der Waals surface area contributed by atoms with Crippen molar-refractivity contribution in [2.24, 2.45) is 5.92 Å². The first kappa shape index (κ1) is 14.5. The molecule has 0 aliphatic heterocycles. The van der Waals surface area contributed by atoms with Gasteiger partial charge in [-0.2, -0.15) is 0 Å². The zero-order valence-electron chi connectivity index (χ0n) is 11.4. The van der Waals surface area contributed by atoms with Crippen molar-refractivity contribution in [3.05, 3.63) is 29.6 Å². The molecule has 0 saturated carbocycles. The largest absolute Gasteiger partial charge is 0.396 e. The van der Waals surface area contributed by atoms with Crippen molar-refractivity contribution in [3.63, 3.8) is 0 Å². The minimum atomic E-state index is -0.550. The van der Waals surface area contributed by atoms with Crippen LogP contribution in [0.4, 0.5) is 10.1 Å². The van der Waals surface area contributed by atoms with Gasteiger partial charge in [0.2, 0.25) is 0 Å². The second kappa shape index (κ2) is 5.85. The van der Waals surface area contributed by atoms with Gasteiger partial charge in [0.25, 0.3) is 5.91 Å². The first-order valence-corrected chi connectivity index (χ1v) is 6.15. The minimum Gasteiger partial charge on any atom is -0.396 e. The highest BCUT2D eigenvalue weighted by Crippen LogP contribution is 2.19. The van der Waals surface area contributed by atoms with Crippen molar-refractivity contribution in [1.82, 2.24) is 4.90 Å². The summed E-state index contributed by atoms with van der Waals surface area (Å²) in [5, 5.41) is 0. The fraction of sp³-hybridized carbons (Fsp3) is 0.500. The molecule has 0 aromatic heterocycles. The number of carbonyl (C=O) groups excluding carboxylic acids is 1. The van der Waals surface area contributed by atoms with Crippen molar-refractivity contribution >= 4 is 11.6 Å². The second-order valence-electron chi connectivity index (χ2n) is 5.10. The number of hydrogen-bond acceptors (Lipinski definition) is 2. The van der Waals surface area contributed by atoms with E-state index in [0.29, 0.717) is 5.92 Å². The van der Waals surface area contributed by atoms with Crippen LogP contribution in [0.25, 0.3) is 0 Å². The Morgan fingerprint density at radius 3 is 2.56 bits per heavy atom. The number of carbonyl (C=O) groups is 1. The average Bonchev–Trinajstić information content (AvgIpc) is 2.30. The van der Waals surface area contributed by atoms with Crippen LogP contribution in [0.15, 0.2) is 18.2 Å². The number of nitrogen functional groups attached to an aromatic ring is 1. The van der Waals surface area contributed by atoms with E-state index in [9.17, 15) is 9.18 Å². The molecule has 3 nitrogen and oxygen atoms in total. The van der Waals surface area contributed by atoms with Crippen LogP contribution in [-0.4, -0.2) is 23.9 Å². The molecule has 0 spiro atoms. The quantitative estimate of drug-likeness (QED) is 0.837. The predicted octanol–water partition coefficient (Wildman–Crippen LogP) is 2.91. The summed E-state index contributed by atoms with van der Waals surface area (Å²) in [5.74, 6) is -0.286. The van der Waals surface area contributed by atoms with Crippen LogP contribution in [0.3, 0.4) is 0 Å². The fourth-order valence-corrected chi connectivity index (χ4v) is 1.95. The maximum atomic E-state index is 13.3. The van der Waals surface area contributed by atoms with E-state index in [1.165, 1.54) is 12.1 Å². The molecule has 2 N–H and O–H groups in total. The van der Waals surface area contributed by atoms with E-state index in [1.807, 2.05) is 6.92 Å². The van der Waals surface area contributed by atoms with E-state index in [0.717, 1.165) is 6.42 Å². The molecule has 1 unspecified atom stereocenters. The molecular weight excluding hydrogens is 231 g/mol. The number of benzene rings is 1. The number of nitrogens with two attached hydrogens (primary N) is 1. The molecule has 18 heavy (non-hydrogen) atoms. The Bertz CT molecular complexity index is 432.